The number of hydrogen-bond acceptors (Lipinski definition) is 5. The summed E-state index contributed by atoms with van der Waals surface area (Å²) in [7, 11) is 0. The summed E-state index contributed by atoms with van der Waals surface area (Å²) in [5.74, 6) is 1.30. The molecule has 0 radical (unpaired) electrons. The van der Waals surface area contributed by atoms with Crippen LogP contribution in [-0.2, 0) is 17.8 Å². The van der Waals surface area contributed by atoms with Crippen molar-refractivity contribution in [3.05, 3.63) is 30.0 Å². The number of carbonyl (C=O) groups is 1. The minimum absolute atomic E-state index is 0.129. The second kappa shape index (κ2) is 7.10. The predicted molar refractivity (Wildman–Crippen MR) is 109 cm³/mol. The summed E-state index contributed by atoms with van der Waals surface area (Å²) in [5, 5.41) is 15.4. The molecule has 0 atom stereocenters. The Bertz CT molecular complexity index is 1010. The molecule has 8 nitrogen and oxygen atoms in total. The average Bonchev–Trinajstić information content (AvgIpc) is 3.22. The first-order valence-corrected chi connectivity index (χ1v) is 9.65. The van der Waals surface area contributed by atoms with Crippen LogP contribution in [0.5, 0.6) is 0 Å². The van der Waals surface area contributed by atoms with E-state index in [0.29, 0.717) is 5.82 Å². The highest BCUT2D eigenvalue weighted by molar-refractivity contribution is 5.88. The van der Waals surface area contributed by atoms with Crippen molar-refractivity contribution in [1.82, 2.24) is 24.5 Å². The van der Waals surface area contributed by atoms with E-state index < -0.39 is 0 Å². The fourth-order valence-corrected chi connectivity index (χ4v) is 3.65. The highest BCUT2D eigenvalue weighted by Gasteiger charge is 2.28. The highest BCUT2D eigenvalue weighted by atomic mass is 16.1. The lowest BCUT2D eigenvalue weighted by Gasteiger charge is -2.15. The number of anilines is 2. The van der Waals surface area contributed by atoms with Gasteiger partial charge in [-0.2, -0.15) is 10.2 Å². The molecule has 0 spiro atoms. The van der Waals surface area contributed by atoms with Gasteiger partial charge in [-0.15, -0.1) is 0 Å². The van der Waals surface area contributed by atoms with Crippen LogP contribution in [0.1, 0.15) is 39.3 Å². The lowest BCUT2D eigenvalue weighted by molar-refractivity contribution is -0.114. The number of rotatable bonds is 5. The van der Waals surface area contributed by atoms with E-state index in [9.17, 15) is 4.79 Å². The largest absolute Gasteiger partial charge is 0.370 e. The van der Waals surface area contributed by atoms with Gasteiger partial charge in [0, 0.05) is 49.4 Å². The monoisotopic (exact) mass is 379 g/mol. The molecule has 28 heavy (non-hydrogen) atoms. The van der Waals surface area contributed by atoms with Crippen LogP contribution in [0.4, 0.5) is 11.6 Å². The zero-order chi connectivity index (χ0) is 19.8. The Balaban J connectivity index is 1.81. The van der Waals surface area contributed by atoms with E-state index in [0.717, 1.165) is 48.0 Å². The van der Waals surface area contributed by atoms with Crippen LogP contribution in [0.3, 0.4) is 0 Å². The summed E-state index contributed by atoms with van der Waals surface area (Å²) in [4.78, 5) is 15.9. The summed E-state index contributed by atoms with van der Waals surface area (Å²) in [6.45, 7) is 9.39. The molecule has 1 aliphatic rings. The zero-order valence-corrected chi connectivity index (χ0v) is 16.7. The molecule has 3 aromatic rings. The maximum Gasteiger partial charge on any atom is 0.222 e. The molecule has 2 N–H and O–H groups in total. The van der Waals surface area contributed by atoms with Crippen molar-refractivity contribution in [1.29, 1.82) is 0 Å². The van der Waals surface area contributed by atoms with Crippen LogP contribution < -0.4 is 10.6 Å². The van der Waals surface area contributed by atoms with Gasteiger partial charge in [0.05, 0.1) is 11.4 Å². The van der Waals surface area contributed by atoms with E-state index in [1.54, 1.807) is 0 Å². The zero-order valence-electron chi connectivity index (χ0n) is 16.7. The first kappa shape index (κ1) is 18.2. The first-order valence-electron chi connectivity index (χ1n) is 9.65. The highest BCUT2D eigenvalue weighted by Crippen LogP contribution is 2.38. The van der Waals surface area contributed by atoms with Crippen LogP contribution in [0.2, 0.25) is 0 Å². The summed E-state index contributed by atoms with van der Waals surface area (Å²) in [6.07, 6.45) is 2.74. The maximum atomic E-state index is 11.4. The normalized spacial score (nSPS) is 12.6. The van der Waals surface area contributed by atoms with Crippen molar-refractivity contribution in [3.63, 3.8) is 0 Å². The number of fused-ring (bicyclic) bond motifs is 3. The summed E-state index contributed by atoms with van der Waals surface area (Å²) < 4.78 is 3.98. The van der Waals surface area contributed by atoms with Crippen LogP contribution in [0.15, 0.2) is 24.4 Å². The fraction of sp³-hybridized carbons (Fsp3) is 0.400. The molecule has 0 fully saturated rings. The Labute approximate surface area is 164 Å². The van der Waals surface area contributed by atoms with Crippen molar-refractivity contribution in [2.24, 2.45) is 0 Å². The third kappa shape index (κ3) is 3.15. The smallest absolute Gasteiger partial charge is 0.222 e. The number of nitrogens with zero attached hydrogens (tertiary/aromatic N) is 5. The van der Waals surface area contributed by atoms with Crippen molar-refractivity contribution in [3.8, 4) is 22.6 Å². The van der Waals surface area contributed by atoms with Gasteiger partial charge in [-0.25, -0.2) is 4.98 Å². The number of hydrogen-bond donors (Lipinski definition) is 2. The van der Waals surface area contributed by atoms with Gasteiger partial charge in [-0.3, -0.25) is 14.2 Å². The number of pyridine rings is 1. The van der Waals surface area contributed by atoms with Gasteiger partial charge >= 0.3 is 0 Å². The molecule has 0 bridgehead atoms. The van der Waals surface area contributed by atoms with Crippen LogP contribution in [0, 0.1) is 0 Å². The lowest BCUT2D eigenvalue weighted by Crippen LogP contribution is -2.12. The molecular weight excluding hydrogens is 354 g/mol. The van der Waals surface area contributed by atoms with Crippen LogP contribution in [-0.4, -0.2) is 37.0 Å². The third-order valence-corrected chi connectivity index (χ3v) is 4.79. The molecule has 4 heterocycles. The van der Waals surface area contributed by atoms with Crippen LogP contribution >= 0.6 is 0 Å². The van der Waals surface area contributed by atoms with Gasteiger partial charge in [0.15, 0.2) is 5.82 Å². The minimum Gasteiger partial charge on any atom is -0.370 e. The number of nitrogens with one attached hydrogen (secondary N) is 2. The first-order chi connectivity index (χ1) is 13.5. The maximum absolute atomic E-state index is 11.4. The lowest BCUT2D eigenvalue weighted by atomic mass is 10.00. The summed E-state index contributed by atoms with van der Waals surface area (Å²) in [5.41, 5.74) is 5.22. The van der Waals surface area contributed by atoms with E-state index in [1.165, 1.54) is 12.5 Å². The topological polar surface area (TPSA) is 89.7 Å². The van der Waals surface area contributed by atoms with Gasteiger partial charge in [0.25, 0.3) is 0 Å². The number of aryl methyl sites for hydroxylation is 1. The van der Waals surface area contributed by atoms with E-state index in [2.05, 4.69) is 52.2 Å². The molecule has 0 unspecified atom stereocenters. The van der Waals surface area contributed by atoms with Gasteiger partial charge in [0.2, 0.25) is 5.91 Å². The number of aromatic nitrogens is 5. The SMILES string of the molecule is CCNc1ccc(-c2c3c(nn2C(C)C)-c2cc(NC(C)=O)nn2CC3)cn1. The molecule has 146 valence electrons. The molecule has 0 saturated heterocycles. The van der Waals surface area contributed by atoms with Crippen molar-refractivity contribution in [2.75, 3.05) is 17.2 Å². The Kier molecular flexibility index (Phi) is 4.62. The Morgan fingerprint density at radius 3 is 2.71 bits per heavy atom. The van der Waals surface area contributed by atoms with Gasteiger partial charge in [0.1, 0.15) is 11.5 Å². The molecular formula is C20H25N7O. The third-order valence-electron chi connectivity index (χ3n) is 4.79. The van der Waals surface area contributed by atoms with Crippen molar-refractivity contribution < 1.29 is 4.79 Å². The molecule has 0 aliphatic carbocycles. The second-order valence-electron chi connectivity index (χ2n) is 7.25. The van der Waals surface area contributed by atoms with E-state index >= 15 is 0 Å². The van der Waals surface area contributed by atoms with Crippen LogP contribution in [0.25, 0.3) is 22.6 Å². The number of amides is 1. The Hall–Kier alpha value is -3.16. The Morgan fingerprint density at radius 2 is 2.07 bits per heavy atom. The quantitative estimate of drug-likeness (QED) is 0.710. The second-order valence-corrected chi connectivity index (χ2v) is 7.25. The predicted octanol–water partition coefficient (Wildman–Crippen LogP) is 3.34. The van der Waals surface area contributed by atoms with Crippen molar-refractivity contribution in [2.45, 2.75) is 46.7 Å². The molecule has 0 saturated carbocycles. The van der Waals surface area contributed by atoms with Gasteiger partial charge < -0.3 is 10.6 Å². The van der Waals surface area contributed by atoms with E-state index in [4.69, 9.17) is 5.10 Å². The molecule has 1 aliphatic heterocycles. The molecule has 4 rings (SSSR count). The molecule has 0 aromatic carbocycles. The van der Waals surface area contributed by atoms with Crippen molar-refractivity contribution >= 4 is 17.5 Å². The van der Waals surface area contributed by atoms with E-state index in [-0.39, 0.29) is 11.9 Å². The molecule has 8 heteroatoms. The van der Waals surface area contributed by atoms with E-state index in [1.807, 2.05) is 23.0 Å². The summed E-state index contributed by atoms with van der Waals surface area (Å²) in [6, 6.07) is 6.20. The summed E-state index contributed by atoms with van der Waals surface area (Å²) >= 11 is 0. The fourth-order valence-electron chi connectivity index (χ4n) is 3.65. The van der Waals surface area contributed by atoms with Gasteiger partial charge in [-0.1, -0.05) is 0 Å². The van der Waals surface area contributed by atoms with Gasteiger partial charge in [-0.05, 0) is 39.3 Å². The standard InChI is InChI=1S/C20H25N7O/c1-5-21-17-7-6-14(11-22-17)20-15-8-9-26-16(10-18(24-26)23-13(4)28)19(15)25-27(20)12(2)3/h6-7,10-12H,5,8-9H2,1-4H3,(H,21,22)(H,23,24,28). The Morgan fingerprint density at radius 1 is 1.25 bits per heavy atom. The average molecular weight is 379 g/mol. The molecule has 1 amide bonds. The minimum atomic E-state index is -0.129. The number of carbonyl (C=O) groups excluding carboxylic acids is 1. The molecule has 3 aromatic heterocycles.